The first kappa shape index (κ1) is 13.7. The number of hydrogen-bond acceptors (Lipinski definition) is 2. The van der Waals surface area contributed by atoms with Gasteiger partial charge in [0, 0.05) is 23.7 Å². The summed E-state index contributed by atoms with van der Waals surface area (Å²) in [5.74, 6) is 0. The zero-order valence-corrected chi connectivity index (χ0v) is 13.0. The van der Waals surface area contributed by atoms with Crippen molar-refractivity contribution in [2.24, 2.45) is 0 Å². The summed E-state index contributed by atoms with van der Waals surface area (Å²) >= 11 is 0. The average Bonchev–Trinajstić information content (AvgIpc) is 2.60. The summed E-state index contributed by atoms with van der Waals surface area (Å²) in [6, 6.07) is 17.2. The Morgan fingerprint density at radius 1 is 0.773 bits per heavy atom. The molecule has 0 saturated carbocycles. The zero-order chi connectivity index (χ0) is 14.8. The summed E-state index contributed by atoms with van der Waals surface area (Å²) in [5, 5.41) is 3.92. The van der Waals surface area contributed by atoms with Gasteiger partial charge >= 0.3 is 0 Å². The molecule has 0 bridgehead atoms. The molecule has 0 spiro atoms. The van der Waals surface area contributed by atoms with Crippen LogP contribution in [0.1, 0.15) is 25.0 Å². The van der Waals surface area contributed by atoms with Crippen molar-refractivity contribution in [1.82, 2.24) is 9.88 Å². The summed E-state index contributed by atoms with van der Waals surface area (Å²) in [7, 11) is 0. The Hall–Kier alpha value is -1.93. The predicted octanol–water partition coefficient (Wildman–Crippen LogP) is 4.42. The van der Waals surface area contributed by atoms with Gasteiger partial charge in [0.15, 0.2) is 0 Å². The van der Waals surface area contributed by atoms with Crippen molar-refractivity contribution in [3.8, 4) is 0 Å². The van der Waals surface area contributed by atoms with Crippen LogP contribution in [0.15, 0.2) is 48.5 Å². The number of benzene rings is 2. The van der Waals surface area contributed by atoms with Crippen molar-refractivity contribution in [2.45, 2.75) is 25.7 Å². The molecule has 1 fully saturated rings. The molecular weight excluding hydrogens is 268 g/mol. The second-order valence-corrected chi connectivity index (χ2v) is 6.27. The Kier molecular flexibility index (Phi) is 3.77. The summed E-state index contributed by atoms with van der Waals surface area (Å²) in [6.45, 7) is 3.65. The van der Waals surface area contributed by atoms with Crippen molar-refractivity contribution in [3.05, 3.63) is 54.2 Å². The number of fused-ring (bicyclic) bond motifs is 3. The fraction of sp³-hybridized carbons (Fsp3) is 0.350. The van der Waals surface area contributed by atoms with Gasteiger partial charge in [0.25, 0.3) is 0 Å². The second kappa shape index (κ2) is 6.05. The molecule has 1 aliphatic heterocycles. The minimum atomic E-state index is 1.05. The molecule has 22 heavy (non-hydrogen) atoms. The van der Waals surface area contributed by atoms with E-state index in [1.54, 1.807) is 0 Å². The summed E-state index contributed by atoms with van der Waals surface area (Å²) in [6.07, 6.45) is 5.15. The maximum absolute atomic E-state index is 4.96. The van der Waals surface area contributed by atoms with Crippen LogP contribution in [0.25, 0.3) is 21.7 Å². The number of para-hydroxylation sites is 1. The first-order valence-electron chi connectivity index (χ1n) is 8.40. The molecule has 0 radical (unpaired) electrons. The Labute approximate surface area is 131 Å². The normalized spacial score (nSPS) is 16.4. The molecule has 0 atom stereocenters. The van der Waals surface area contributed by atoms with E-state index in [1.807, 2.05) is 0 Å². The van der Waals surface area contributed by atoms with Gasteiger partial charge in [-0.25, -0.2) is 0 Å². The number of hydrogen-bond donors (Lipinski definition) is 0. The Morgan fingerprint density at radius 2 is 1.45 bits per heavy atom. The maximum Gasteiger partial charge on any atom is 0.0711 e. The highest BCUT2D eigenvalue weighted by Crippen LogP contribution is 2.26. The SMILES string of the molecule is c1ccc2c(c1)nc(CCN1CCCCC1)c1ccccc12. The summed E-state index contributed by atoms with van der Waals surface area (Å²) in [4.78, 5) is 7.55. The van der Waals surface area contributed by atoms with Gasteiger partial charge in [-0.3, -0.25) is 4.98 Å². The molecule has 1 aliphatic rings. The maximum atomic E-state index is 4.96. The van der Waals surface area contributed by atoms with Crippen LogP contribution in [0.2, 0.25) is 0 Å². The lowest BCUT2D eigenvalue weighted by Gasteiger charge is -2.26. The highest BCUT2D eigenvalue weighted by Gasteiger charge is 2.12. The molecule has 0 amide bonds. The minimum Gasteiger partial charge on any atom is -0.303 e. The lowest BCUT2D eigenvalue weighted by atomic mass is 10.0. The fourth-order valence-electron chi connectivity index (χ4n) is 3.61. The van der Waals surface area contributed by atoms with Crippen molar-refractivity contribution in [2.75, 3.05) is 19.6 Å². The lowest BCUT2D eigenvalue weighted by Crippen LogP contribution is -2.31. The van der Waals surface area contributed by atoms with E-state index in [0.29, 0.717) is 0 Å². The number of piperidine rings is 1. The molecule has 2 heterocycles. The minimum absolute atomic E-state index is 1.05. The quantitative estimate of drug-likeness (QED) is 0.664. The number of pyridine rings is 1. The van der Waals surface area contributed by atoms with Gasteiger partial charge in [0.2, 0.25) is 0 Å². The van der Waals surface area contributed by atoms with Crippen molar-refractivity contribution < 1.29 is 0 Å². The zero-order valence-electron chi connectivity index (χ0n) is 13.0. The Morgan fingerprint density at radius 3 is 2.27 bits per heavy atom. The van der Waals surface area contributed by atoms with Gasteiger partial charge in [0.1, 0.15) is 0 Å². The lowest BCUT2D eigenvalue weighted by molar-refractivity contribution is 0.231. The smallest absolute Gasteiger partial charge is 0.0711 e. The highest BCUT2D eigenvalue weighted by atomic mass is 15.1. The fourth-order valence-corrected chi connectivity index (χ4v) is 3.61. The summed E-state index contributed by atoms with van der Waals surface area (Å²) in [5.41, 5.74) is 2.37. The molecule has 0 unspecified atom stereocenters. The third-order valence-electron chi connectivity index (χ3n) is 4.80. The van der Waals surface area contributed by atoms with Gasteiger partial charge in [0.05, 0.1) is 11.2 Å². The van der Waals surface area contributed by atoms with Gasteiger partial charge in [-0.2, -0.15) is 0 Å². The molecule has 2 aromatic carbocycles. The Balaban J connectivity index is 1.71. The molecule has 2 nitrogen and oxygen atoms in total. The van der Waals surface area contributed by atoms with E-state index >= 15 is 0 Å². The first-order valence-corrected chi connectivity index (χ1v) is 8.40. The van der Waals surface area contributed by atoms with E-state index in [1.165, 1.54) is 54.2 Å². The van der Waals surface area contributed by atoms with E-state index in [0.717, 1.165) is 18.5 Å². The number of aromatic nitrogens is 1. The molecule has 112 valence electrons. The van der Waals surface area contributed by atoms with E-state index < -0.39 is 0 Å². The van der Waals surface area contributed by atoms with Gasteiger partial charge in [-0.15, -0.1) is 0 Å². The van der Waals surface area contributed by atoms with Crippen LogP contribution in [0.4, 0.5) is 0 Å². The largest absolute Gasteiger partial charge is 0.303 e. The Bertz CT molecular complexity index is 788. The first-order chi connectivity index (χ1) is 10.9. The topological polar surface area (TPSA) is 16.1 Å². The molecule has 3 aromatic rings. The third kappa shape index (κ3) is 2.59. The molecule has 2 heteroatoms. The average molecular weight is 290 g/mol. The van der Waals surface area contributed by atoms with E-state index in [4.69, 9.17) is 4.98 Å². The standard InChI is InChI=1S/C20H22N2/c1-6-13-22(14-7-1)15-12-20-18-9-3-2-8-16(18)17-10-4-5-11-19(17)21-20/h2-5,8-11H,1,6-7,12-15H2. The van der Waals surface area contributed by atoms with Crippen LogP contribution >= 0.6 is 0 Å². The van der Waals surface area contributed by atoms with Crippen LogP contribution in [0.5, 0.6) is 0 Å². The second-order valence-electron chi connectivity index (χ2n) is 6.27. The van der Waals surface area contributed by atoms with E-state index in [9.17, 15) is 0 Å². The molecule has 1 saturated heterocycles. The van der Waals surface area contributed by atoms with Crippen LogP contribution in [-0.2, 0) is 6.42 Å². The van der Waals surface area contributed by atoms with Crippen molar-refractivity contribution in [1.29, 1.82) is 0 Å². The van der Waals surface area contributed by atoms with Crippen molar-refractivity contribution in [3.63, 3.8) is 0 Å². The number of rotatable bonds is 3. The number of likely N-dealkylation sites (tertiary alicyclic amines) is 1. The summed E-state index contributed by atoms with van der Waals surface area (Å²) < 4.78 is 0. The van der Waals surface area contributed by atoms with E-state index in [-0.39, 0.29) is 0 Å². The monoisotopic (exact) mass is 290 g/mol. The van der Waals surface area contributed by atoms with E-state index in [2.05, 4.69) is 53.4 Å². The molecule has 0 aliphatic carbocycles. The number of nitrogens with zero attached hydrogens (tertiary/aromatic N) is 2. The third-order valence-corrected chi connectivity index (χ3v) is 4.80. The van der Waals surface area contributed by atoms with Crippen LogP contribution in [-0.4, -0.2) is 29.5 Å². The predicted molar refractivity (Wildman–Crippen MR) is 93.2 cm³/mol. The van der Waals surface area contributed by atoms with Gasteiger partial charge < -0.3 is 4.90 Å². The van der Waals surface area contributed by atoms with Gasteiger partial charge in [-0.05, 0) is 37.4 Å². The van der Waals surface area contributed by atoms with Crippen LogP contribution < -0.4 is 0 Å². The molecule has 1 aromatic heterocycles. The van der Waals surface area contributed by atoms with Crippen LogP contribution in [0.3, 0.4) is 0 Å². The van der Waals surface area contributed by atoms with Gasteiger partial charge in [-0.1, -0.05) is 48.9 Å². The molecule has 0 N–H and O–H groups in total. The molecular formula is C20H22N2. The van der Waals surface area contributed by atoms with Crippen LogP contribution in [0, 0.1) is 0 Å². The van der Waals surface area contributed by atoms with Crippen molar-refractivity contribution >= 4 is 21.7 Å². The highest BCUT2D eigenvalue weighted by molar-refractivity contribution is 6.06. The molecule has 4 rings (SSSR count).